The molecule has 0 unspecified atom stereocenters. The van der Waals surface area contributed by atoms with Crippen LogP contribution in [0.1, 0.15) is 39.5 Å². The van der Waals surface area contributed by atoms with Crippen LogP contribution >= 0.6 is 0 Å². The molecule has 1 rings (SSSR count). The molecule has 0 spiro atoms. The lowest BCUT2D eigenvalue weighted by molar-refractivity contribution is -0.0677. The largest absolute Gasteiger partial charge is 0.375 e. The van der Waals surface area contributed by atoms with Gasteiger partial charge in [0.2, 0.25) is 0 Å². The van der Waals surface area contributed by atoms with Crippen LogP contribution in [0.4, 0.5) is 0 Å². The van der Waals surface area contributed by atoms with Crippen molar-refractivity contribution in [2.75, 3.05) is 19.7 Å². The third-order valence-corrected chi connectivity index (χ3v) is 2.77. The van der Waals surface area contributed by atoms with Gasteiger partial charge in [-0.1, -0.05) is 13.8 Å². The standard InChI is InChI=1S/C10H21NO/c1-3-9-12-10(4-2)5-7-11-8-6-10/h11H,3-9H2,1-2H3. The first-order valence-electron chi connectivity index (χ1n) is 5.17. The minimum atomic E-state index is 0.210. The Morgan fingerprint density at radius 3 is 2.42 bits per heavy atom. The fourth-order valence-electron chi connectivity index (χ4n) is 1.80. The van der Waals surface area contributed by atoms with Crippen molar-refractivity contribution in [1.82, 2.24) is 5.32 Å². The lowest BCUT2D eigenvalue weighted by Crippen LogP contribution is -2.43. The first-order chi connectivity index (χ1) is 5.83. The number of hydrogen-bond acceptors (Lipinski definition) is 2. The van der Waals surface area contributed by atoms with Gasteiger partial charge in [-0.2, -0.15) is 0 Å². The highest BCUT2D eigenvalue weighted by atomic mass is 16.5. The molecule has 0 aromatic heterocycles. The summed E-state index contributed by atoms with van der Waals surface area (Å²) in [5.74, 6) is 0. The number of rotatable bonds is 4. The van der Waals surface area contributed by atoms with Gasteiger partial charge in [0.05, 0.1) is 5.60 Å². The second kappa shape index (κ2) is 4.83. The Morgan fingerprint density at radius 2 is 1.92 bits per heavy atom. The van der Waals surface area contributed by atoms with Crippen molar-refractivity contribution < 1.29 is 4.74 Å². The van der Waals surface area contributed by atoms with Gasteiger partial charge in [0.15, 0.2) is 0 Å². The summed E-state index contributed by atoms with van der Waals surface area (Å²) in [4.78, 5) is 0. The zero-order chi connectivity index (χ0) is 8.86. The minimum absolute atomic E-state index is 0.210. The molecule has 1 aliphatic heterocycles. The average molecular weight is 171 g/mol. The summed E-state index contributed by atoms with van der Waals surface area (Å²) in [6.45, 7) is 7.58. The molecule has 1 N–H and O–H groups in total. The van der Waals surface area contributed by atoms with Crippen molar-refractivity contribution in [2.45, 2.75) is 45.1 Å². The Morgan fingerprint density at radius 1 is 1.25 bits per heavy atom. The lowest BCUT2D eigenvalue weighted by Gasteiger charge is -2.36. The molecule has 0 aromatic rings. The highest BCUT2D eigenvalue weighted by Crippen LogP contribution is 2.26. The van der Waals surface area contributed by atoms with E-state index in [1.54, 1.807) is 0 Å². The summed E-state index contributed by atoms with van der Waals surface area (Å²) in [6, 6.07) is 0. The van der Waals surface area contributed by atoms with Crippen molar-refractivity contribution in [1.29, 1.82) is 0 Å². The summed E-state index contributed by atoms with van der Waals surface area (Å²) >= 11 is 0. The molecule has 0 aromatic carbocycles. The number of piperidine rings is 1. The highest BCUT2D eigenvalue weighted by molar-refractivity contribution is 4.84. The van der Waals surface area contributed by atoms with Crippen LogP contribution in [0.2, 0.25) is 0 Å². The first kappa shape index (κ1) is 10.0. The molecule has 0 saturated carbocycles. The molecule has 1 heterocycles. The Hall–Kier alpha value is -0.0800. The Labute approximate surface area is 75.7 Å². The quantitative estimate of drug-likeness (QED) is 0.698. The molecule has 2 heteroatoms. The summed E-state index contributed by atoms with van der Waals surface area (Å²) < 4.78 is 5.93. The van der Waals surface area contributed by atoms with Gasteiger partial charge in [-0.05, 0) is 38.8 Å². The Kier molecular flexibility index (Phi) is 4.02. The average Bonchev–Trinajstić information content (AvgIpc) is 2.16. The van der Waals surface area contributed by atoms with E-state index in [0.29, 0.717) is 0 Å². The van der Waals surface area contributed by atoms with E-state index >= 15 is 0 Å². The molecule has 1 fully saturated rings. The predicted molar refractivity (Wildman–Crippen MR) is 51.4 cm³/mol. The number of ether oxygens (including phenoxy) is 1. The second-order valence-electron chi connectivity index (χ2n) is 3.64. The van der Waals surface area contributed by atoms with Crippen molar-refractivity contribution in [2.24, 2.45) is 0 Å². The Balaban J connectivity index is 2.37. The van der Waals surface area contributed by atoms with Crippen LogP contribution in [0.5, 0.6) is 0 Å². The lowest BCUT2D eigenvalue weighted by atomic mass is 9.89. The fraction of sp³-hybridized carbons (Fsp3) is 1.00. The van der Waals surface area contributed by atoms with E-state index < -0.39 is 0 Å². The smallest absolute Gasteiger partial charge is 0.0704 e. The molecular formula is C10H21NO. The zero-order valence-electron chi connectivity index (χ0n) is 8.36. The van der Waals surface area contributed by atoms with Gasteiger partial charge < -0.3 is 10.1 Å². The van der Waals surface area contributed by atoms with Crippen LogP contribution in [0, 0.1) is 0 Å². The normalized spacial score (nSPS) is 22.5. The van der Waals surface area contributed by atoms with Gasteiger partial charge in [-0.25, -0.2) is 0 Å². The van der Waals surface area contributed by atoms with Crippen LogP contribution in [0.3, 0.4) is 0 Å². The monoisotopic (exact) mass is 171 g/mol. The summed E-state index contributed by atoms with van der Waals surface area (Å²) in [5.41, 5.74) is 0.210. The third-order valence-electron chi connectivity index (χ3n) is 2.77. The molecule has 2 nitrogen and oxygen atoms in total. The van der Waals surface area contributed by atoms with Crippen molar-refractivity contribution in [3.63, 3.8) is 0 Å². The van der Waals surface area contributed by atoms with E-state index in [1.165, 1.54) is 12.8 Å². The predicted octanol–water partition coefficient (Wildman–Crippen LogP) is 1.95. The van der Waals surface area contributed by atoms with Crippen LogP contribution in [0.15, 0.2) is 0 Å². The van der Waals surface area contributed by atoms with Gasteiger partial charge in [0, 0.05) is 6.61 Å². The van der Waals surface area contributed by atoms with Gasteiger partial charge >= 0.3 is 0 Å². The van der Waals surface area contributed by atoms with Gasteiger partial charge in [0.25, 0.3) is 0 Å². The van der Waals surface area contributed by atoms with E-state index in [-0.39, 0.29) is 5.60 Å². The molecule has 12 heavy (non-hydrogen) atoms. The topological polar surface area (TPSA) is 21.3 Å². The third kappa shape index (κ3) is 2.46. The maximum Gasteiger partial charge on any atom is 0.0704 e. The van der Waals surface area contributed by atoms with E-state index in [4.69, 9.17) is 4.74 Å². The molecule has 0 atom stereocenters. The summed E-state index contributed by atoms with van der Waals surface area (Å²) in [6.07, 6.45) is 4.66. The second-order valence-corrected chi connectivity index (χ2v) is 3.64. The van der Waals surface area contributed by atoms with E-state index in [0.717, 1.165) is 32.5 Å². The van der Waals surface area contributed by atoms with Gasteiger partial charge in [-0.15, -0.1) is 0 Å². The van der Waals surface area contributed by atoms with Crippen molar-refractivity contribution >= 4 is 0 Å². The van der Waals surface area contributed by atoms with E-state index in [2.05, 4.69) is 19.2 Å². The molecule has 72 valence electrons. The van der Waals surface area contributed by atoms with Crippen molar-refractivity contribution in [3.05, 3.63) is 0 Å². The zero-order valence-corrected chi connectivity index (χ0v) is 8.36. The number of hydrogen-bond donors (Lipinski definition) is 1. The van der Waals surface area contributed by atoms with Crippen LogP contribution in [-0.4, -0.2) is 25.3 Å². The summed E-state index contributed by atoms with van der Waals surface area (Å²) in [5, 5.41) is 3.37. The molecule has 1 aliphatic rings. The van der Waals surface area contributed by atoms with E-state index in [9.17, 15) is 0 Å². The minimum Gasteiger partial charge on any atom is -0.375 e. The molecule has 0 aliphatic carbocycles. The van der Waals surface area contributed by atoms with Crippen LogP contribution in [0.25, 0.3) is 0 Å². The highest BCUT2D eigenvalue weighted by Gasteiger charge is 2.30. The Bertz CT molecular complexity index is 119. The summed E-state index contributed by atoms with van der Waals surface area (Å²) in [7, 11) is 0. The maximum atomic E-state index is 5.93. The first-order valence-corrected chi connectivity index (χ1v) is 5.17. The molecule has 0 bridgehead atoms. The van der Waals surface area contributed by atoms with Crippen LogP contribution in [-0.2, 0) is 4.74 Å². The molecule has 1 saturated heterocycles. The fourth-order valence-corrected chi connectivity index (χ4v) is 1.80. The van der Waals surface area contributed by atoms with E-state index in [1.807, 2.05) is 0 Å². The molecular weight excluding hydrogens is 150 g/mol. The van der Waals surface area contributed by atoms with Gasteiger partial charge in [0.1, 0.15) is 0 Å². The molecule has 0 radical (unpaired) electrons. The van der Waals surface area contributed by atoms with Gasteiger partial charge in [-0.3, -0.25) is 0 Å². The van der Waals surface area contributed by atoms with Crippen LogP contribution < -0.4 is 5.32 Å². The van der Waals surface area contributed by atoms with Crippen molar-refractivity contribution in [3.8, 4) is 0 Å². The molecule has 0 amide bonds. The maximum absolute atomic E-state index is 5.93. The SMILES string of the molecule is CCCOC1(CC)CCNCC1. The number of nitrogens with one attached hydrogen (secondary N) is 1.